The normalized spacial score (nSPS) is 10.8. The Kier molecular flexibility index (Phi) is 15.4. The van der Waals surface area contributed by atoms with Crippen LogP contribution in [0.2, 0.25) is 0 Å². The van der Waals surface area contributed by atoms with Gasteiger partial charge in [0, 0.05) is 13.0 Å². The zero-order valence-electron chi connectivity index (χ0n) is 13.2. The molecule has 0 saturated carbocycles. The molecule has 2 nitrogen and oxygen atoms in total. The predicted molar refractivity (Wildman–Crippen MR) is 82.6 cm³/mol. The van der Waals surface area contributed by atoms with Gasteiger partial charge in [0.05, 0.1) is 0 Å². The van der Waals surface area contributed by atoms with Gasteiger partial charge in [-0.25, -0.2) is 0 Å². The van der Waals surface area contributed by atoms with Crippen LogP contribution < -0.4 is 0 Å². The molecule has 0 aliphatic rings. The SMILES string of the molecule is CCCCCCCCCCCCC(=O)COCCC. The van der Waals surface area contributed by atoms with Gasteiger partial charge in [-0.1, -0.05) is 71.6 Å². The van der Waals surface area contributed by atoms with Gasteiger partial charge in [-0.3, -0.25) is 4.79 Å². The number of ether oxygens (including phenoxy) is 1. The summed E-state index contributed by atoms with van der Waals surface area (Å²) in [6, 6.07) is 0. The van der Waals surface area contributed by atoms with Crippen molar-refractivity contribution in [2.45, 2.75) is 90.9 Å². The highest BCUT2D eigenvalue weighted by Crippen LogP contribution is 2.11. The van der Waals surface area contributed by atoms with Crippen LogP contribution in [0.5, 0.6) is 0 Å². The van der Waals surface area contributed by atoms with E-state index in [2.05, 4.69) is 13.8 Å². The van der Waals surface area contributed by atoms with Crippen LogP contribution in [0.4, 0.5) is 0 Å². The van der Waals surface area contributed by atoms with E-state index in [0.29, 0.717) is 19.6 Å². The lowest BCUT2D eigenvalue weighted by Gasteiger charge is -2.03. The first kappa shape index (κ1) is 18.6. The molecule has 2 heteroatoms. The second kappa shape index (κ2) is 15.7. The second-order valence-corrected chi connectivity index (χ2v) is 5.52. The molecule has 0 aromatic carbocycles. The van der Waals surface area contributed by atoms with Gasteiger partial charge in [-0.05, 0) is 12.8 Å². The Labute approximate surface area is 120 Å². The Morgan fingerprint density at radius 2 is 1.26 bits per heavy atom. The van der Waals surface area contributed by atoms with Gasteiger partial charge in [-0.2, -0.15) is 0 Å². The predicted octanol–water partition coefficient (Wildman–Crippen LogP) is 5.29. The monoisotopic (exact) mass is 270 g/mol. The molecule has 0 aromatic rings. The summed E-state index contributed by atoms with van der Waals surface area (Å²) < 4.78 is 5.24. The van der Waals surface area contributed by atoms with Crippen molar-refractivity contribution in [2.24, 2.45) is 0 Å². The van der Waals surface area contributed by atoms with Crippen LogP contribution in [0, 0.1) is 0 Å². The van der Waals surface area contributed by atoms with Crippen LogP contribution in [0.3, 0.4) is 0 Å². The number of hydrogen-bond acceptors (Lipinski definition) is 2. The molecule has 0 radical (unpaired) electrons. The molecule has 0 saturated heterocycles. The maximum Gasteiger partial charge on any atom is 0.158 e. The molecule has 0 bridgehead atoms. The van der Waals surface area contributed by atoms with E-state index in [1.807, 2.05) is 0 Å². The molecule has 19 heavy (non-hydrogen) atoms. The van der Waals surface area contributed by atoms with Crippen molar-refractivity contribution in [3.05, 3.63) is 0 Å². The first-order valence-corrected chi connectivity index (χ1v) is 8.40. The first-order valence-electron chi connectivity index (χ1n) is 8.40. The number of unbranched alkanes of at least 4 members (excludes halogenated alkanes) is 9. The van der Waals surface area contributed by atoms with Gasteiger partial charge >= 0.3 is 0 Å². The number of hydrogen-bond donors (Lipinski definition) is 0. The molecule has 0 aliphatic carbocycles. The van der Waals surface area contributed by atoms with Crippen LogP contribution in [-0.2, 0) is 9.53 Å². The fraction of sp³-hybridized carbons (Fsp3) is 0.941. The summed E-state index contributed by atoms with van der Waals surface area (Å²) in [6.07, 6.45) is 14.9. The van der Waals surface area contributed by atoms with Crippen LogP contribution in [0.25, 0.3) is 0 Å². The summed E-state index contributed by atoms with van der Waals surface area (Å²) in [7, 11) is 0. The van der Waals surface area contributed by atoms with Crippen molar-refractivity contribution in [3.63, 3.8) is 0 Å². The Hall–Kier alpha value is -0.370. The molecule has 0 aromatic heterocycles. The van der Waals surface area contributed by atoms with Crippen molar-refractivity contribution in [2.75, 3.05) is 13.2 Å². The average molecular weight is 270 g/mol. The van der Waals surface area contributed by atoms with Crippen LogP contribution in [0.15, 0.2) is 0 Å². The van der Waals surface area contributed by atoms with E-state index in [1.54, 1.807) is 0 Å². The van der Waals surface area contributed by atoms with Gasteiger partial charge in [0.25, 0.3) is 0 Å². The van der Waals surface area contributed by atoms with Gasteiger partial charge < -0.3 is 4.74 Å². The number of Topliss-reactive ketones (excluding diaryl/α,β-unsaturated/α-hetero) is 1. The van der Waals surface area contributed by atoms with E-state index in [4.69, 9.17) is 4.74 Å². The Morgan fingerprint density at radius 1 is 0.737 bits per heavy atom. The number of rotatable bonds is 15. The summed E-state index contributed by atoms with van der Waals surface area (Å²) in [5.41, 5.74) is 0. The van der Waals surface area contributed by atoms with E-state index < -0.39 is 0 Å². The third kappa shape index (κ3) is 15.6. The highest BCUT2D eigenvalue weighted by molar-refractivity contribution is 5.79. The molecule has 0 heterocycles. The minimum absolute atomic E-state index is 0.271. The van der Waals surface area contributed by atoms with Gasteiger partial charge in [-0.15, -0.1) is 0 Å². The van der Waals surface area contributed by atoms with Crippen LogP contribution >= 0.6 is 0 Å². The van der Waals surface area contributed by atoms with Gasteiger partial charge in [0.1, 0.15) is 6.61 Å². The highest BCUT2D eigenvalue weighted by Gasteiger charge is 2.01. The lowest BCUT2D eigenvalue weighted by atomic mass is 10.1. The maximum atomic E-state index is 11.4. The van der Waals surface area contributed by atoms with Crippen LogP contribution in [0.1, 0.15) is 90.9 Å². The Balaban J connectivity index is 3.07. The van der Waals surface area contributed by atoms with Crippen molar-refractivity contribution in [3.8, 4) is 0 Å². The minimum atomic E-state index is 0.271. The second-order valence-electron chi connectivity index (χ2n) is 5.52. The molecule has 0 rings (SSSR count). The van der Waals surface area contributed by atoms with Crippen molar-refractivity contribution in [1.29, 1.82) is 0 Å². The van der Waals surface area contributed by atoms with E-state index in [9.17, 15) is 4.79 Å². The Bertz CT molecular complexity index is 190. The topological polar surface area (TPSA) is 26.3 Å². The molecule has 0 N–H and O–H groups in total. The fourth-order valence-electron chi connectivity index (χ4n) is 2.21. The minimum Gasteiger partial charge on any atom is -0.374 e. The van der Waals surface area contributed by atoms with E-state index in [1.165, 1.54) is 57.8 Å². The van der Waals surface area contributed by atoms with Gasteiger partial charge in [0.2, 0.25) is 0 Å². The van der Waals surface area contributed by atoms with Crippen LogP contribution in [-0.4, -0.2) is 19.0 Å². The lowest BCUT2D eigenvalue weighted by molar-refractivity contribution is -0.123. The number of ketones is 1. The molecular weight excluding hydrogens is 236 g/mol. The van der Waals surface area contributed by atoms with E-state index in [0.717, 1.165) is 12.8 Å². The molecular formula is C17H34O2. The third-order valence-corrected chi connectivity index (χ3v) is 3.42. The molecule has 0 amide bonds. The summed E-state index contributed by atoms with van der Waals surface area (Å²) in [4.78, 5) is 11.4. The zero-order chi connectivity index (χ0) is 14.2. The first-order chi connectivity index (χ1) is 9.31. The number of carbonyl (C=O) groups is 1. The molecule has 0 atom stereocenters. The lowest BCUT2D eigenvalue weighted by Crippen LogP contribution is -2.08. The Morgan fingerprint density at radius 3 is 1.79 bits per heavy atom. The van der Waals surface area contributed by atoms with Crippen molar-refractivity contribution >= 4 is 5.78 Å². The molecule has 0 unspecified atom stereocenters. The highest BCUT2D eigenvalue weighted by atomic mass is 16.5. The largest absolute Gasteiger partial charge is 0.374 e. The summed E-state index contributed by atoms with van der Waals surface area (Å²) in [6.45, 7) is 5.36. The fourth-order valence-corrected chi connectivity index (χ4v) is 2.21. The van der Waals surface area contributed by atoms with E-state index in [-0.39, 0.29) is 5.78 Å². The third-order valence-electron chi connectivity index (χ3n) is 3.42. The quantitative estimate of drug-likeness (QED) is 0.378. The molecule has 0 spiro atoms. The van der Waals surface area contributed by atoms with E-state index >= 15 is 0 Å². The summed E-state index contributed by atoms with van der Waals surface area (Å²) in [5, 5.41) is 0. The van der Waals surface area contributed by atoms with Gasteiger partial charge in [0.15, 0.2) is 5.78 Å². The molecule has 0 aliphatic heterocycles. The zero-order valence-corrected chi connectivity index (χ0v) is 13.2. The van der Waals surface area contributed by atoms with Crippen molar-refractivity contribution in [1.82, 2.24) is 0 Å². The summed E-state index contributed by atoms with van der Waals surface area (Å²) in [5.74, 6) is 0.271. The molecule has 114 valence electrons. The molecule has 0 fully saturated rings. The number of carbonyl (C=O) groups excluding carboxylic acids is 1. The maximum absolute atomic E-state index is 11.4. The summed E-state index contributed by atoms with van der Waals surface area (Å²) >= 11 is 0. The average Bonchev–Trinajstić information content (AvgIpc) is 2.41. The standard InChI is InChI=1S/C17H34O2/c1-3-5-6-7-8-9-10-11-12-13-14-17(18)16-19-15-4-2/h3-16H2,1-2H3. The smallest absolute Gasteiger partial charge is 0.158 e. The van der Waals surface area contributed by atoms with Crippen molar-refractivity contribution < 1.29 is 9.53 Å².